The Labute approximate surface area is 129 Å². The molecule has 0 unspecified atom stereocenters. The van der Waals surface area contributed by atoms with Crippen molar-refractivity contribution in [3.8, 4) is 0 Å². The van der Waals surface area contributed by atoms with Crippen molar-refractivity contribution >= 4 is 10.9 Å². The summed E-state index contributed by atoms with van der Waals surface area (Å²) in [6.07, 6.45) is 0. The van der Waals surface area contributed by atoms with E-state index in [4.69, 9.17) is 4.84 Å². The van der Waals surface area contributed by atoms with Gasteiger partial charge in [-0.05, 0) is 23.1 Å². The Morgan fingerprint density at radius 1 is 1.00 bits per heavy atom. The van der Waals surface area contributed by atoms with Crippen LogP contribution in [0.4, 0.5) is 0 Å². The smallest absolute Gasteiger partial charge is 0.0825 e. The molecule has 110 valence electrons. The Bertz CT molecular complexity index is 824. The van der Waals surface area contributed by atoms with E-state index in [2.05, 4.69) is 70.3 Å². The molecule has 0 aliphatic carbocycles. The van der Waals surface area contributed by atoms with Gasteiger partial charge in [-0.3, -0.25) is 4.84 Å². The first-order valence-corrected chi connectivity index (χ1v) is 7.92. The summed E-state index contributed by atoms with van der Waals surface area (Å²) in [4.78, 5) is 6.00. The fraction of sp³-hybridized carbons (Fsp3) is 0.263. The van der Waals surface area contributed by atoms with Crippen molar-refractivity contribution in [1.82, 2.24) is 9.63 Å². The summed E-state index contributed by atoms with van der Waals surface area (Å²) in [6.45, 7) is 2.75. The Kier molecular flexibility index (Phi) is 2.66. The van der Waals surface area contributed by atoms with Crippen LogP contribution in [0.15, 0.2) is 60.7 Å². The number of hydrogen-bond donors (Lipinski definition) is 0. The van der Waals surface area contributed by atoms with Gasteiger partial charge in [-0.2, -0.15) is 5.06 Å². The predicted octanol–water partition coefficient (Wildman–Crippen LogP) is 3.76. The molecule has 5 rings (SSSR count). The fourth-order valence-electron chi connectivity index (χ4n) is 3.96. The Hall–Kier alpha value is -2.10. The monoisotopic (exact) mass is 290 g/mol. The second-order valence-corrected chi connectivity index (χ2v) is 6.30. The van der Waals surface area contributed by atoms with Crippen molar-refractivity contribution in [2.24, 2.45) is 5.92 Å². The van der Waals surface area contributed by atoms with Gasteiger partial charge in [0, 0.05) is 30.2 Å². The summed E-state index contributed by atoms with van der Waals surface area (Å²) >= 11 is 0. The second kappa shape index (κ2) is 4.70. The zero-order valence-corrected chi connectivity index (χ0v) is 12.4. The number of fused-ring (bicyclic) bond motifs is 5. The first-order valence-electron chi connectivity index (χ1n) is 7.92. The van der Waals surface area contributed by atoms with Gasteiger partial charge in [-0.25, -0.2) is 0 Å². The first-order chi connectivity index (χ1) is 10.9. The molecular formula is C19H18N2O. The molecule has 2 atom stereocenters. The van der Waals surface area contributed by atoms with E-state index < -0.39 is 0 Å². The Morgan fingerprint density at radius 3 is 2.73 bits per heavy atom. The number of aromatic nitrogens is 1. The molecule has 3 heterocycles. The van der Waals surface area contributed by atoms with Gasteiger partial charge in [0.2, 0.25) is 0 Å². The molecule has 1 fully saturated rings. The minimum atomic E-state index is 0.382. The molecule has 3 nitrogen and oxygen atoms in total. The summed E-state index contributed by atoms with van der Waals surface area (Å²) in [5.74, 6) is 0.573. The van der Waals surface area contributed by atoms with E-state index >= 15 is 0 Å². The van der Waals surface area contributed by atoms with Crippen LogP contribution in [0.25, 0.3) is 10.9 Å². The molecule has 2 aromatic carbocycles. The molecule has 0 amide bonds. The first kappa shape index (κ1) is 12.4. The van der Waals surface area contributed by atoms with E-state index in [0.717, 1.165) is 19.7 Å². The quantitative estimate of drug-likeness (QED) is 0.715. The third-order valence-electron chi connectivity index (χ3n) is 4.96. The van der Waals surface area contributed by atoms with Crippen LogP contribution < -0.4 is 0 Å². The number of hydrogen-bond acceptors (Lipinski definition) is 2. The lowest BCUT2D eigenvalue weighted by Crippen LogP contribution is -2.22. The van der Waals surface area contributed by atoms with Gasteiger partial charge in [0.05, 0.1) is 12.6 Å². The van der Waals surface area contributed by atoms with Gasteiger partial charge in [0.1, 0.15) is 0 Å². The van der Waals surface area contributed by atoms with Gasteiger partial charge in [-0.15, -0.1) is 0 Å². The Morgan fingerprint density at radius 2 is 1.82 bits per heavy atom. The van der Waals surface area contributed by atoms with Crippen LogP contribution in [0.3, 0.4) is 0 Å². The average Bonchev–Trinajstić information content (AvgIpc) is 3.19. The molecule has 1 aromatic heterocycles. The lowest BCUT2D eigenvalue weighted by Gasteiger charge is -2.21. The van der Waals surface area contributed by atoms with Crippen LogP contribution in [-0.4, -0.2) is 16.2 Å². The lowest BCUT2D eigenvalue weighted by atomic mass is 10.0. The maximum absolute atomic E-state index is 6.00. The van der Waals surface area contributed by atoms with E-state index in [1.54, 1.807) is 0 Å². The maximum atomic E-state index is 6.00. The van der Waals surface area contributed by atoms with Crippen molar-refractivity contribution < 1.29 is 4.84 Å². The summed E-state index contributed by atoms with van der Waals surface area (Å²) in [5.41, 5.74) is 4.06. The van der Waals surface area contributed by atoms with E-state index in [9.17, 15) is 0 Å². The molecule has 0 radical (unpaired) electrons. The van der Waals surface area contributed by atoms with Gasteiger partial charge in [0.15, 0.2) is 0 Å². The molecule has 22 heavy (non-hydrogen) atoms. The molecule has 2 aliphatic heterocycles. The van der Waals surface area contributed by atoms with Crippen LogP contribution in [-0.2, 0) is 17.9 Å². The average molecular weight is 290 g/mol. The molecule has 3 aromatic rings. The second-order valence-electron chi connectivity index (χ2n) is 6.30. The van der Waals surface area contributed by atoms with Crippen molar-refractivity contribution in [2.75, 3.05) is 6.61 Å². The number of rotatable bonds is 2. The van der Waals surface area contributed by atoms with Crippen LogP contribution in [0.1, 0.15) is 17.3 Å². The molecule has 1 saturated heterocycles. The van der Waals surface area contributed by atoms with Crippen molar-refractivity contribution in [2.45, 2.75) is 19.1 Å². The normalized spacial score (nSPS) is 23.8. The van der Waals surface area contributed by atoms with Crippen molar-refractivity contribution in [3.63, 3.8) is 0 Å². The van der Waals surface area contributed by atoms with E-state index in [1.807, 2.05) is 0 Å². The van der Waals surface area contributed by atoms with Gasteiger partial charge in [0.25, 0.3) is 0 Å². The number of nitrogens with zero attached hydrogens (tertiary/aromatic N) is 2. The predicted molar refractivity (Wildman–Crippen MR) is 86.1 cm³/mol. The highest BCUT2D eigenvalue weighted by atomic mass is 16.7. The molecular weight excluding hydrogens is 272 g/mol. The minimum Gasteiger partial charge on any atom is -0.343 e. The van der Waals surface area contributed by atoms with E-state index in [1.165, 1.54) is 22.2 Å². The highest BCUT2D eigenvalue weighted by Gasteiger charge is 2.43. The SMILES string of the molecule is c1ccc(CN2OC[C@H]3Cn4c(cc5ccccc54)[C@H]32)cc1. The summed E-state index contributed by atoms with van der Waals surface area (Å²) in [5, 5.41) is 3.51. The van der Waals surface area contributed by atoms with Gasteiger partial charge in [-0.1, -0.05) is 48.5 Å². The topological polar surface area (TPSA) is 17.4 Å². The van der Waals surface area contributed by atoms with E-state index in [0.29, 0.717) is 12.0 Å². The lowest BCUT2D eigenvalue weighted by molar-refractivity contribution is -0.141. The van der Waals surface area contributed by atoms with Crippen LogP contribution in [0.2, 0.25) is 0 Å². The third kappa shape index (κ3) is 1.76. The molecule has 2 aliphatic rings. The number of para-hydroxylation sites is 1. The zero-order chi connectivity index (χ0) is 14.5. The fourth-order valence-corrected chi connectivity index (χ4v) is 3.96. The number of benzene rings is 2. The Balaban J connectivity index is 1.53. The highest BCUT2D eigenvalue weighted by Crippen LogP contribution is 2.44. The molecule has 0 N–H and O–H groups in total. The minimum absolute atomic E-state index is 0.382. The van der Waals surface area contributed by atoms with Gasteiger partial charge < -0.3 is 4.57 Å². The van der Waals surface area contributed by atoms with Crippen molar-refractivity contribution in [1.29, 1.82) is 0 Å². The van der Waals surface area contributed by atoms with Crippen LogP contribution >= 0.6 is 0 Å². The van der Waals surface area contributed by atoms with Crippen LogP contribution in [0, 0.1) is 5.92 Å². The number of hydroxylamine groups is 2. The zero-order valence-electron chi connectivity index (χ0n) is 12.4. The molecule has 0 bridgehead atoms. The van der Waals surface area contributed by atoms with Crippen LogP contribution in [0.5, 0.6) is 0 Å². The summed E-state index contributed by atoms with van der Waals surface area (Å²) < 4.78 is 2.48. The molecule has 0 spiro atoms. The van der Waals surface area contributed by atoms with E-state index in [-0.39, 0.29) is 0 Å². The molecule has 0 saturated carbocycles. The largest absolute Gasteiger partial charge is 0.343 e. The standard InChI is InChI=1S/C19H18N2O/c1-2-6-14(7-3-1)11-21-19-16(13-22-21)12-20-17-9-5-4-8-15(17)10-18(19)20/h1-10,16,19H,11-13H2/t16-,19+/m1/s1. The maximum Gasteiger partial charge on any atom is 0.0825 e. The summed E-state index contributed by atoms with van der Waals surface area (Å²) in [6, 6.07) is 22.0. The highest BCUT2D eigenvalue weighted by molar-refractivity contribution is 5.81. The third-order valence-corrected chi connectivity index (χ3v) is 4.96. The molecule has 3 heteroatoms. The van der Waals surface area contributed by atoms with Crippen molar-refractivity contribution in [3.05, 3.63) is 71.9 Å². The van der Waals surface area contributed by atoms with Gasteiger partial charge >= 0.3 is 0 Å². The summed E-state index contributed by atoms with van der Waals surface area (Å²) in [7, 11) is 0.